The van der Waals surface area contributed by atoms with E-state index in [4.69, 9.17) is 4.52 Å². The maximum Gasteiger partial charge on any atom is 0.225 e. The zero-order chi connectivity index (χ0) is 10.3. The Bertz CT molecular complexity index is 359. The molecule has 0 N–H and O–H groups in total. The van der Waals surface area contributed by atoms with Crippen LogP contribution in [0.25, 0.3) is 0 Å². The quantitative estimate of drug-likeness (QED) is 0.719. The van der Waals surface area contributed by atoms with Gasteiger partial charge >= 0.3 is 0 Å². The highest BCUT2D eigenvalue weighted by atomic mass is 16.5. The van der Waals surface area contributed by atoms with Gasteiger partial charge in [0.25, 0.3) is 0 Å². The van der Waals surface area contributed by atoms with Crippen molar-refractivity contribution >= 4 is 5.91 Å². The van der Waals surface area contributed by atoms with Crippen molar-refractivity contribution in [1.82, 2.24) is 15.0 Å². The van der Waals surface area contributed by atoms with E-state index >= 15 is 0 Å². The predicted octanol–water partition coefficient (Wildman–Crippen LogP) is 0.796. The third-order valence-corrected chi connectivity index (χ3v) is 3.17. The molecule has 1 saturated carbocycles. The first-order valence-corrected chi connectivity index (χ1v) is 5.39. The van der Waals surface area contributed by atoms with Crippen LogP contribution in [0.2, 0.25) is 0 Å². The molecule has 2 fully saturated rings. The van der Waals surface area contributed by atoms with E-state index in [0.29, 0.717) is 11.8 Å². The molecule has 5 heteroatoms. The molecule has 0 spiro atoms. The lowest BCUT2D eigenvalue weighted by Gasteiger charge is -2.14. The standard InChI is InChI=1S/C10H13N3O2/c14-10(7-1-2-7)13-4-3-8(5-13)9-11-6-15-12-9/h6-8H,1-5H2/t8-/m0/s1. The minimum absolute atomic E-state index is 0.270. The molecule has 1 atom stereocenters. The number of rotatable bonds is 2. The van der Waals surface area contributed by atoms with Crippen LogP contribution in [0.3, 0.4) is 0 Å². The van der Waals surface area contributed by atoms with E-state index in [1.165, 1.54) is 6.39 Å². The molecular formula is C10H13N3O2. The Morgan fingerprint density at radius 2 is 2.33 bits per heavy atom. The van der Waals surface area contributed by atoms with Crippen molar-refractivity contribution in [2.75, 3.05) is 13.1 Å². The minimum atomic E-state index is 0.270. The molecule has 1 aliphatic heterocycles. The fraction of sp³-hybridized carbons (Fsp3) is 0.700. The van der Waals surface area contributed by atoms with Gasteiger partial charge in [0.2, 0.25) is 12.3 Å². The van der Waals surface area contributed by atoms with Gasteiger partial charge in [-0.15, -0.1) is 0 Å². The van der Waals surface area contributed by atoms with Gasteiger partial charge in [0.15, 0.2) is 5.82 Å². The molecule has 0 unspecified atom stereocenters. The van der Waals surface area contributed by atoms with Crippen LogP contribution in [0.15, 0.2) is 10.9 Å². The molecule has 5 nitrogen and oxygen atoms in total. The first-order chi connectivity index (χ1) is 7.34. The van der Waals surface area contributed by atoms with E-state index in [-0.39, 0.29) is 5.92 Å². The van der Waals surface area contributed by atoms with Gasteiger partial charge in [0, 0.05) is 24.9 Å². The molecule has 1 aliphatic carbocycles. The van der Waals surface area contributed by atoms with Gasteiger partial charge in [-0.05, 0) is 19.3 Å². The summed E-state index contributed by atoms with van der Waals surface area (Å²) < 4.78 is 4.72. The largest absolute Gasteiger partial charge is 0.343 e. The molecule has 0 aromatic carbocycles. The van der Waals surface area contributed by atoms with Gasteiger partial charge in [0.1, 0.15) is 0 Å². The Morgan fingerprint density at radius 3 is 3.00 bits per heavy atom. The number of nitrogens with zero attached hydrogens (tertiary/aromatic N) is 3. The van der Waals surface area contributed by atoms with E-state index in [0.717, 1.165) is 38.2 Å². The fourth-order valence-corrected chi connectivity index (χ4v) is 2.12. The van der Waals surface area contributed by atoms with Crippen LogP contribution in [0.4, 0.5) is 0 Å². The van der Waals surface area contributed by atoms with Gasteiger partial charge in [-0.3, -0.25) is 4.79 Å². The van der Waals surface area contributed by atoms with Crippen molar-refractivity contribution in [2.24, 2.45) is 5.92 Å². The van der Waals surface area contributed by atoms with Crippen LogP contribution in [0, 0.1) is 5.92 Å². The molecule has 15 heavy (non-hydrogen) atoms. The summed E-state index contributed by atoms with van der Waals surface area (Å²) in [6.07, 6.45) is 4.45. The van der Waals surface area contributed by atoms with Crippen molar-refractivity contribution in [3.63, 3.8) is 0 Å². The molecule has 0 bridgehead atoms. The van der Waals surface area contributed by atoms with Crippen LogP contribution in [0.1, 0.15) is 31.0 Å². The Balaban J connectivity index is 1.65. The number of hydrogen-bond acceptors (Lipinski definition) is 4. The van der Waals surface area contributed by atoms with Crippen LogP contribution in [-0.2, 0) is 4.79 Å². The van der Waals surface area contributed by atoms with Crippen LogP contribution in [-0.4, -0.2) is 34.0 Å². The number of carbonyl (C=O) groups excluding carboxylic acids is 1. The lowest BCUT2D eigenvalue weighted by Crippen LogP contribution is -2.29. The zero-order valence-corrected chi connectivity index (χ0v) is 8.43. The first-order valence-electron chi connectivity index (χ1n) is 5.39. The average Bonchev–Trinajstić information content (AvgIpc) is 2.80. The van der Waals surface area contributed by atoms with Gasteiger partial charge in [-0.2, -0.15) is 4.98 Å². The first kappa shape index (κ1) is 8.88. The van der Waals surface area contributed by atoms with Crippen molar-refractivity contribution in [1.29, 1.82) is 0 Å². The highest BCUT2D eigenvalue weighted by Gasteiger charge is 2.37. The molecule has 1 aromatic heterocycles. The van der Waals surface area contributed by atoms with E-state index in [1.807, 2.05) is 4.90 Å². The molecule has 3 rings (SSSR count). The lowest BCUT2D eigenvalue weighted by atomic mass is 10.1. The van der Waals surface area contributed by atoms with Crippen molar-refractivity contribution in [2.45, 2.75) is 25.2 Å². The molecule has 2 aliphatic rings. The summed E-state index contributed by atoms with van der Waals surface area (Å²) in [4.78, 5) is 17.8. The average molecular weight is 207 g/mol. The number of aromatic nitrogens is 2. The molecule has 1 amide bonds. The fourth-order valence-electron chi connectivity index (χ4n) is 2.12. The maximum atomic E-state index is 11.8. The second-order valence-corrected chi connectivity index (χ2v) is 4.33. The second kappa shape index (κ2) is 3.32. The van der Waals surface area contributed by atoms with E-state index in [1.54, 1.807) is 0 Å². The number of amides is 1. The summed E-state index contributed by atoms with van der Waals surface area (Å²) in [6.45, 7) is 1.60. The van der Waals surface area contributed by atoms with Crippen LogP contribution >= 0.6 is 0 Å². The summed E-state index contributed by atoms with van der Waals surface area (Å²) in [5.41, 5.74) is 0. The third-order valence-electron chi connectivity index (χ3n) is 3.17. The van der Waals surface area contributed by atoms with E-state index < -0.39 is 0 Å². The second-order valence-electron chi connectivity index (χ2n) is 4.33. The van der Waals surface area contributed by atoms with Gasteiger partial charge in [0.05, 0.1) is 0 Å². The zero-order valence-electron chi connectivity index (χ0n) is 8.43. The Hall–Kier alpha value is -1.39. The summed E-state index contributed by atoms with van der Waals surface area (Å²) >= 11 is 0. The number of likely N-dealkylation sites (tertiary alicyclic amines) is 1. The monoisotopic (exact) mass is 207 g/mol. The third kappa shape index (κ3) is 1.62. The van der Waals surface area contributed by atoms with Crippen molar-refractivity contribution < 1.29 is 9.32 Å². The Kier molecular flexibility index (Phi) is 1.97. The summed E-state index contributed by atoms with van der Waals surface area (Å²) in [5.74, 6) is 1.64. The minimum Gasteiger partial charge on any atom is -0.343 e. The highest BCUT2D eigenvalue weighted by Crippen LogP contribution is 2.34. The normalized spacial score (nSPS) is 25.9. The summed E-state index contributed by atoms with van der Waals surface area (Å²) in [6, 6.07) is 0. The SMILES string of the molecule is O=C(C1CC1)N1CC[C@H](c2ncon2)C1. The molecule has 2 heterocycles. The topological polar surface area (TPSA) is 59.2 Å². The molecule has 1 aromatic rings. The molecule has 80 valence electrons. The molecule has 1 saturated heterocycles. The van der Waals surface area contributed by atoms with Crippen LogP contribution in [0.5, 0.6) is 0 Å². The number of carbonyl (C=O) groups is 1. The van der Waals surface area contributed by atoms with E-state index in [9.17, 15) is 4.79 Å². The smallest absolute Gasteiger partial charge is 0.225 e. The van der Waals surface area contributed by atoms with E-state index in [2.05, 4.69) is 10.1 Å². The Labute approximate surface area is 87.4 Å². The predicted molar refractivity (Wildman–Crippen MR) is 51.0 cm³/mol. The molecule has 0 radical (unpaired) electrons. The summed E-state index contributed by atoms with van der Waals surface area (Å²) in [5, 5.41) is 3.83. The number of hydrogen-bond donors (Lipinski definition) is 0. The highest BCUT2D eigenvalue weighted by molar-refractivity contribution is 5.81. The molecular weight excluding hydrogens is 194 g/mol. The lowest BCUT2D eigenvalue weighted by molar-refractivity contribution is -0.131. The van der Waals surface area contributed by atoms with Gasteiger partial charge < -0.3 is 9.42 Å². The van der Waals surface area contributed by atoms with Gasteiger partial charge in [-0.25, -0.2) is 0 Å². The van der Waals surface area contributed by atoms with Gasteiger partial charge in [-0.1, -0.05) is 5.16 Å². The summed E-state index contributed by atoms with van der Waals surface area (Å²) in [7, 11) is 0. The van der Waals surface area contributed by atoms with Crippen molar-refractivity contribution in [3.05, 3.63) is 12.2 Å². The Morgan fingerprint density at radius 1 is 1.47 bits per heavy atom. The van der Waals surface area contributed by atoms with Crippen LogP contribution < -0.4 is 0 Å². The maximum absolute atomic E-state index is 11.8. The van der Waals surface area contributed by atoms with Crippen molar-refractivity contribution in [3.8, 4) is 0 Å².